The first-order valence-corrected chi connectivity index (χ1v) is 7.34. The quantitative estimate of drug-likeness (QED) is 0.391. The molecule has 0 bridgehead atoms. The number of hydrogen-bond donors (Lipinski definition) is 2. The van der Waals surface area contributed by atoms with Crippen LogP contribution in [0.15, 0.2) is 40.6 Å². The van der Waals surface area contributed by atoms with Crippen LogP contribution >= 0.6 is 23.1 Å². The molecule has 94 valence electrons. The molecule has 0 saturated heterocycles. The lowest BCUT2D eigenvalue weighted by molar-refractivity contribution is 0.0957. The summed E-state index contributed by atoms with van der Waals surface area (Å²) in [5.41, 5.74) is 4.44. The van der Waals surface area contributed by atoms with Crippen molar-refractivity contribution in [2.45, 2.75) is 17.6 Å². The molecule has 1 aromatic heterocycles. The zero-order chi connectivity index (χ0) is 13.0. The van der Waals surface area contributed by atoms with Crippen LogP contribution in [0.4, 0.5) is 0 Å². The second kappa shape index (κ2) is 6.04. The average molecular weight is 278 g/mol. The van der Waals surface area contributed by atoms with Crippen LogP contribution in [-0.4, -0.2) is 5.91 Å². The van der Waals surface area contributed by atoms with E-state index in [4.69, 9.17) is 5.84 Å². The van der Waals surface area contributed by atoms with Crippen molar-refractivity contribution in [2.75, 3.05) is 0 Å². The number of thiophene rings is 1. The van der Waals surface area contributed by atoms with E-state index in [0.29, 0.717) is 4.88 Å². The van der Waals surface area contributed by atoms with E-state index in [-0.39, 0.29) is 5.91 Å². The first-order valence-electron chi connectivity index (χ1n) is 5.47. The molecule has 0 aliphatic carbocycles. The first-order chi connectivity index (χ1) is 8.70. The molecule has 0 unspecified atom stereocenters. The van der Waals surface area contributed by atoms with Gasteiger partial charge in [-0.3, -0.25) is 10.2 Å². The van der Waals surface area contributed by atoms with Crippen molar-refractivity contribution in [3.05, 3.63) is 51.7 Å². The molecule has 1 heterocycles. The minimum atomic E-state index is -0.218. The Morgan fingerprint density at radius 3 is 3.00 bits per heavy atom. The van der Waals surface area contributed by atoms with E-state index >= 15 is 0 Å². The van der Waals surface area contributed by atoms with E-state index < -0.39 is 0 Å². The monoisotopic (exact) mass is 278 g/mol. The van der Waals surface area contributed by atoms with E-state index in [9.17, 15) is 4.79 Å². The fourth-order valence-corrected chi connectivity index (χ4v) is 3.50. The molecule has 0 spiro atoms. The number of carbonyl (C=O) groups is 1. The molecule has 3 nitrogen and oxygen atoms in total. The van der Waals surface area contributed by atoms with Crippen molar-refractivity contribution >= 4 is 29.0 Å². The molecule has 18 heavy (non-hydrogen) atoms. The summed E-state index contributed by atoms with van der Waals surface area (Å²) in [6.45, 7) is 2.07. The molecule has 0 atom stereocenters. The lowest BCUT2D eigenvalue weighted by atomic mass is 10.2. The predicted molar refractivity (Wildman–Crippen MR) is 76.7 cm³/mol. The largest absolute Gasteiger partial charge is 0.289 e. The van der Waals surface area contributed by atoms with Gasteiger partial charge in [-0.05, 0) is 36.1 Å². The average Bonchev–Trinajstić information content (AvgIpc) is 2.84. The van der Waals surface area contributed by atoms with Gasteiger partial charge in [0.1, 0.15) is 0 Å². The van der Waals surface area contributed by atoms with Gasteiger partial charge < -0.3 is 0 Å². The maximum Gasteiger partial charge on any atom is 0.275 e. The third-order valence-electron chi connectivity index (χ3n) is 2.47. The number of nitrogen functional groups attached to an aromatic ring is 1. The van der Waals surface area contributed by atoms with Crippen molar-refractivity contribution in [1.29, 1.82) is 0 Å². The molecule has 1 aromatic carbocycles. The van der Waals surface area contributed by atoms with Gasteiger partial charge in [0.15, 0.2) is 0 Å². The highest BCUT2D eigenvalue weighted by molar-refractivity contribution is 7.98. The summed E-state index contributed by atoms with van der Waals surface area (Å²) in [6, 6.07) is 10.3. The molecule has 0 aliphatic rings. The lowest BCUT2D eigenvalue weighted by Crippen LogP contribution is -2.29. The Morgan fingerprint density at radius 1 is 1.44 bits per heavy atom. The van der Waals surface area contributed by atoms with Crippen LogP contribution in [0.3, 0.4) is 0 Å². The smallest absolute Gasteiger partial charge is 0.275 e. The second-order valence-electron chi connectivity index (χ2n) is 3.85. The molecule has 1 amide bonds. The van der Waals surface area contributed by atoms with Crippen molar-refractivity contribution < 1.29 is 4.79 Å². The number of hydrazine groups is 1. The zero-order valence-corrected chi connectivity index (χ0v) is 11.6. The Bertz CT molecular complexity index is 551. The van der Waals surface area contributed by atoms with E-state index in [0.717, 1.165) is 11.3 Å². The van der Waals surface area contributed by atoms with Crippen LogP contribution in [0.1, 0.15) is 20.8 Å². The van der Waals surface area contributed by atoms with Gasteiger partial charge in [0.25, 0.3) is 5.91 Å². The summed E-state index contributed by atoms with van der Waals surface area (Å²) in [4.78, 5) is 13.4. The Morgan fingerprint density at radius 2 is 2.28 bits per heavy atom. The van der Waals surface area contributed by atoms with Gasteiger partial charge in [-0.2, -0.15) is 0 Å². The molecule has 0 fully saturated rings. The highest BCUT2D eigenvalue weighted by atomic mass is 32.2. The highest BCUT2D eigenvalue weighted by Crippen LogP contribution is 2.27. The number of aryl methyl sites for hydroxylation is 1. The topological polar surface area (TPSA) is 55.1 Å². The van der Waals surface area contributed by atoms with Gasteiger partial charge in [0, 0.05) is 10.6 Å². The molecule has 2 aromatic rings. The number of nitrogens with two attached hydrogens (primary N) is 1. The van der Waals surface area contributed by atoms with E-state index in [1.165, 1.54) is 21.8 Å². The predicted octanol–water partition coefficient (Wildman–Crippen LogP) is 2.95. The minimum Gasteiger partial charge on any atom is -0.289 e. The number of rotatable bonds is 4. The lowest BCUT2D eigenvalue weighted by Gasteiger charge is -2.04. The molecular weight excluding hydrogens is 264 g/mol. The molecule has 5 heteroatoms. The minimum absolute atomic E-state index is 0.218. The summed E-state index contributed by atoms with van der Waals surface area (Å²) in [7, 11) is 0. The summed E-state index contributed by atoms with van der Waals surface area (Å²) in [6.07, 6.45) is 0. The first kappa shape index (κ1) is 13.1. The summed E-state index contributed by atoms with van der Waals surface area (Å²) >= 11 is 3.14. The third kappa shape index (κ3) is 3.13. The van der Waals surface area contributed by atoms with E-state index in [1.807, 2.05) is 17.5 Å². The number of hydrogen-bond acceptors (Lipinski definition) is 4. The maximum atomic E-state index is 11.5. The normalized spacial score (nSPS) is 10.3. The molecule has 2 rings (SSSR count). The Hall–Kier alpha value is -1.30. The number of carbonyl (C=O) groups excluding carboxylic acids is 1. The molecule has 3 N–H and O–H groups in total. The fourth-order valence-electron chi connectivity index (χ4n) is 1.58. The summed E-state index contributed by atoms with van der Waals surface area (Å²) < 4.78 is 0. The maximum absolute atomic E-state index is 11.5. The standard InChI is InChI=1S/C13H14N2OS2/c1-9-3-2-4-11(7-9)18-8-10-5-6-17-12(10)13(16)15-14/h2-7H,8,14H2,1H3,(H,15,16). The Balaban J connectivity index is 2.07. The zero-order valence-electron chi connectivity index (χ0n) is 9.97. The molecule has 0 radical (unpaired) electrons. The summed E-state index contributed by atoms with van der Waals surface area (Å²) in [5.74, 6) is 5.72. The number of amides is 1. The van der Waals surface area contributed by atoms with Crippen molar-refractivity contribution in [3.8, 4) is 0 Å². The molecule has 0 saturated carbocycles. The second-order valence-corrected chi connectivity index (χ2v) is 5.82. The van der Waals surface area contributed by atoms with Crippen LogP contribution in [0, 0.1) is 6.92 Å². The van der Waals surface area contributed by atoms with Crippen LogP contribution in [0.2, 0.25) is 0 Å². The van der Waals surface area contributed by atoms with Gasteiger partial charge in [-0.1, -0.05) is 17.7 Å². The van der Waals surface area contributed by atoms with Gasteiger partial charge in [0.05, 0.1) is 4.88 Å². The Labute approximate surface area is 114 Å². The fraction of sp³-hybridized carbons (Fsp3) is 0.154. The number of nitrogens with one attached hydrogen (secondary N) is 1. The van der Waals surface area contributed by atoms with Crippen molar-refractivity contribution in [1.82, 2.24) is 5.43 Å². The van der Waals surface area contributed by atoms with Crippen LogP contribution in [0.5, 0.6) is 0 Å². The van der Waals surface area contributed by atoms with E-state index in [1.54, 1.807) is 11.8 Å². The molecule has 0 aliphatic heterocycles. The van der Waals surface area contributed by atoms with Crippen LogP contribution in [0.25, 0.3) is 0 Å². The summed E-state index contributed by atoms with van der Waals surface area (Å²) in [5, 5.41) is 1.91. The van der Waals surface area contributed by atoms with Gasteiger partial charge in [0.2, 0.25) is 0 Å². The SMILES string of the molecule is Cc1cccc(SCc2ccsc2C(=O)NN)c1. The van der Waals surface area contributed by atoms with Crippen molar-refractivity contribution in [2.24, 2.45) is 5.84 Å². The van der Waals surface area contributed by atoms with Crippen LogP contribution in [-0.2, 0) is 5.75 Å². The van der Waals surface area contributed by atoms with Gasteiger partial charge in [-0.25, -0.2) is 5.84 Å². The van der Waals surface area contributed by atoms with Gasteiger partial charge >= 0.3 is 0 Å². The number of thioether (sulfide) groups is 1. The van der Waals surface area contributed by atoms with Crippen LogP contribution < -0.4 is 11.3 Å². The van der Waals surface area contributed by atoms with Gasteiger partial charge in [-0.15, -0.1) is 23.1 Å². The number of benzene rings is 1. The van der Waals surface area contributed by atoms with Crippen molar-refractivity contribution in [3.63, 3.8) is 0 Å². The van der Waals surface area contributed by atoms with E-state index in [2.05, 4.69) is 30.5 Å². The highest BCUT2D eigenvalue weighted by Gasteiger charge is 2.11. The molecular formula is C13H14N2OS2. The third-order valence-corrected chi connectivity index (χ3v) is 4.47. The Kier molecular flexibility index (Phi) is 4.41.